The van der Waals surface area contributed by atoms with Gasteiger partial charge in [-0.15, -0.1) is 0 Å². The molecule has 4 rings (SSSR count). The number of anilines is 1. The minimum Gasteiger partial charge on any atom is -0.342 e. The molecule has 1 aromatic carbocycles. The van der Waals surface area contributed by atoms with Gasteiger partial charge in [-0.3, -0.25) is 9.59 Å². The van der Waals surface area contributed by atoms with E-state index < -0.39 is 0 Å². The second-order valence-corrected chi connectivity index (χ2v) is 7.22. The lowest BCUT2D eigenvalue weighted by atomic mass is 10.1. The van der Waals surface area contributed by atoms with Gasteiger partial charge >= 0.3 is 0 Å². The Morgan fingerprint density at radius 2 is 1.70 bits per heavy atom. The first-order valence-electron chi connectivity index (χ1n) is 8.86. The van der Waals surface area contributed by atoms with Crippen LogP contribution in [0.3, 0.4) is 0 Å². The van der Waals surface area contributed by atoms with Crippen LogP contribution in [-0.4, -0.2) is 35.8 Å². The zero-order valence-corrected chi connectivity index (χ0v) is 13.7. The number of amides is 2. The summed E-state index contributed by atoms with van der Waals surface area (Å²) in [5, 5.41) is 0. The Morgan fingerprint density at radius 1 is 1.00 bits per heavy atom. The van der Waals surface area contributed by atoms with E-state index in [4.69, 9.17) is 0 Å². The summed E-state index contributed by atoms with van der Waals surface area (Å²) in [6.45, 7) is 3.85. The highest BCUT2D eigenvalue weighted by molar-refractivity contribution is 6.02. The Hall–Kier alpha value is -1.84. The topological polar surface area (TPSA) is 40.6 Å². The molecule has 0 N–H and O–H groups in total. The van der Waals surface area contributed by atoms with Crippen molar-refractivity contribution in [2.24, 2.45) is 11.8 Å². The zero-order valence-electron chi connectivity index (χ0n) is 13.7. The number of fused-ring (bicyclic) bond motifs is 1. The molecule has 2 aliphatic heterocycles. The highest BCUT2D eigenvalue weighted by atomic mass is 16.2. The normalized spacial score (nSPS) is 29.3. The third-order valence-corrected chi connectivity index (χ3v) is 5.54. The largest absolute Gasteiger partial charge is 0.342 e. The Kier molecular flexibility index (Phi) is 3.63. The molecule has 2 amide bonds. The molecule has 0 aromatic heterocycles. The molecule has 122 valence electrons. The predicted molar refractivity (Wildman–Crippen MR) is 89.1 cm³/mol. The molecule has 3 aliphatic rings. The summed E-state index contributed by atoms with van der Waals surface area (Å²) < 4.78 is 0. The molecular formula is C19H24N2O2. The Balaban J connectivity index is 1.46. The van der Waals surface area contributed by atoms with Gasteiger partial charge in [0.15, 0.2) is 0 Å². The molecule has 23 heavy (non-hydrogen) atoms. The number of carbonyl (C=O) groups excluding carboxylic acids is 2. The van der Waals surface area contributed by atoms with Crippen LogP contribution in [0.25, 0.3) is 0 Å². The van der Waals surface area contributed by atoms with Gasteiger partial charge in [0.2, 0.25) is 11.8 Å². The fourth-order valence-corrected chi connectivity index (χ4v) is 4.17. The van der Waals surface area contributed by atoms with Gasteiger partial charge in [-0.05, 0) is 50.7 Å². The van der Waals surface area contributed by atoms with Gasteiger partial charge in [0.05, 0.1) is 11.8 Å². The van der Waals surface area contributed by atoms with Crippen LogP contribution in [-0.2, 0) is 16.0 Å². The van der Waals surface area contributed by atoms with Crippen LogP contribution in [0.5, 0.6) is 0 Å². The van der Waals surface area contributed by atoms with E-state index in [0.29, 0.717) is 0 Å². The highest BCUT2D eigenvalue weighted by Crippen LogP contribution is 2.44. The van der Waals surface area contributed by atoms with Crippen LogP contribution in [0.2, 0.25) is 0 Å². The summed E-state index contributed by atoms with van der Waals surface area (Å²) in [6, 6.07) is 8.34. The van der Waals surface area contributed by atoms with Crippen molar-refractivity contribution in [2.45, 2.75) is 45.1 Å². The van der Waals surface area contributed by atoms with Gasteiger partial charge in [0.25, 0.3) is 0 Å². The van der Waals surface area contributed by atoms with Crippen LogP contribution < -0.4 is 4.90 Å². The van der Waals surface area contributed by atoms with E-state index in [0.717, 1.165) is 44.5 Å². The van der Waals surface area contributed by atoms with Gasteiger partial charge in [0, 0.05) is 24.8 Å². The maximum atomic E-state index is 12.9. The molecule has 3 unspecified atom stereocenters. The lowest BCUT2D eigenvalue weighted by molar-refractivity contribution is -0.135. The first kappa shape index (κ1) is 14.7. The molecular weight excluding hydrogens is 288 g/mol. The van der Waals surface area contributed by atoms with E-state index in [9.17, 15) is 9.59 Å². The van der Waals surface area contributed by atoms with Gasteiger partial charge in [0.1, 0.15) is 0 Å². The molecule has 2 fully saturated rings. The second-order valence-electron chi connectivity index (χ2n) is 7.22. The molecule has 0 radical (unpaired) electrons. The van der Waals surface area contributed by atoms with E-state index in [1.807, 2.05) is 28.0 Å². The van der Waals surface area contributed by atoms with Crippen LogP contribution in [0.1, 0.15) is 38.2 Å². The van der Waals surface area contributed by atoms with Crippen molar-refractivity contribution >= 4 is 17.5 Å². The van der Waals surface area contributed by atoms with E-state index in [2.05, 4.69) is 13.0 Å². The fraction of sp³-hybridized carbons (Fsp3) is 0.579. The van der Waals surface area contributed by atoms with Crippen molar-refractivity contribution in [1.82, 2.24) is 4.90 Å². The number of para-hydroxylation sites is 1. The molecule has 3 atom stereocenters. The molecule has 4 heteroatoms. The minimum atomic E-state index is -0.0990. The van der Waals surface area contributed by atoms with Crippen molar-refractivity contribution in [3.05, 3.63) is 29.8 Å². The SMILES string of the molecule is CC1Cc2ccccc2N1C(=O)C1CC1C(=O)N1CCCCC1. The van der Waals surface area contributed by atoms with Crippen molar-refractivity contribution in [2.75, 3.05) is 18.0 Å². The lowest BCUT2D eigenvalue weighted by Crippen LogP contribution is -2.40. The van der Waals surface area contributed by atoms with Crippen molar-refractivity contribution in [1.29, 1.82) is 0 Å². The standard InChI is InChI=1S/C19H24N2O2/c1-13-11-14-7-3-4-8-17(14)21(13)19(23)16-12-15(16)18(22)20-9-5-2-6-10-20/h3-4,7-8,13,15-16H,2,5-6,9-12H2,1H3. The molecule has 2 heterocycles. The number of carbonyl (C=O) groups is 2. The number of piperidine rings is 1. The maximum absolute atomic E-state index is 12.9. The monoisotopic (exact) mass is 312 g/mol. The molecule has 4 nitrogen and oxygen atoms in total. The summed E-state index contributed by atoms with van der Waals surface area (Å²) in [5.41, 5.74) is 2.29. The maximum Gasteiger partial charge on any atom is 0.231 e. The van der Waals surface area contributed by atoms with Crippen LogP contribution in [0.4, 0.5) is 5.69 Å². The number of likely N-dealkylation sites (tertiary alicyclic amines) is 1. The lowest BCUT2D eigenvalue weighted by Gasteiger charge is -2.27. The summed E-state index contributed by atoms with van der Waals surface area (Å²) in [7, 11) is 0. The summed E-state index contributed by atoms with van der Waals surface area (Å²) >= 11 is 0. The number of benzene rings is 1. The van der Waals surface area contributed by atoms with Crippen molar-refractivity contribution in [3.63, 3.8) is 0 Å². The first-order chi connectivity index (χ1) is 11.2. The van der Waals surface area contributed by atoms with Crippen LogP contribution in [0.15, 0.2) is 24.3 Å². The number of hydrogen-bond donors (Lipinski definition) is 0. The summed E-state index contributed by atoms with van der Waals surface area (Å²) in [6.07, 6.45) is 5.08. The number of hydrogen-bond acceptors (Lipinski definition) is 2. The van der Waals surface area contributed by atoms with Crippen molar-refractivity contribution < 1.29 is 9.59 Å². The first-order valence-corrected chi connectivity index (χ1v) is 8.86. The highest BCUT2D eigenvalue weighted by Gasteiger charge is 2.52. The van der Waals surface area contributed by atoms with E-state index in [-0.39, 0.29) is 29.7 Å². The third kappa shape index (κ3) is 2.54. The molecule has 0 bridgehead atoms. The van der Waals surface area contributed by atoms with Crippen LogP contribution in [0, 0.1) is 11.8 Å². The van der Waals surface area contributed by atoms with E-state index >= 15 is 0 Å². The van der Waals surface area contributed by atoms with E-state index in [1.165, 1.54) is 12.0 Å². The molecule has 1 aromatic rings. The van der Waals surface area contributed by atoms with Gasteiger partial charge in [-0.25, -0.2) is 0 Å². The third-order valence-electron chi connectivity index (χ3n) is 5.54. The van der Waals surface area contributed by atoms with Gasteiger partial charge < -0.3 is 9.80 Å². The predicted octanol–water partition coefficient (Wildman–Crippen LogP) is 2.61. The molecule has 0 spiro atoms. The van der Waals surface area contributed by atoms with Gasteiger partial charge in [-0.2, -0.15) is 0 Å². The van der Waals surface area contributed by atoms with Gasteiger partial charge in [-0.1, -0.05) is 18.2 Å². The van der Waals surface area contributed by atoms with E-state index in [1.54, 1.807) is 0 Å². The Labute approximate surface area is 137 Å². The van der Waals surface area contributed by atoms with Crippen LogP contribution >= 0.6 is 0 Å². The molecule has 1 aliphatic carbocycles. The smallest absolute Gasteiger partial charge is 0.231 e. The van der Waals surface area contributed by atoms with Crippen molar-refractivity contribution in [3.8, 4) is 0 Å². The number of rotatable bonds is 2. The summed E-state index contributed by atoms with van der Waals surface area (Å²) in [4.78, 5) is 29.4. The Morgan fingerprint density at radius 3 is 2.48 bits per heavy atom. The second kappa shape index (κ2) is 5.66. The molecule has 1 saturated carbocycles. The quantitative estimate of drug-likeness (QED) is 0.842. The zero-order chi connectivity index (χ0) is 16.0. The summed E-state index contributed by atoms with van der Waals surface area (Å²) in [5.74, 6) is 0.194. The average molecular weight is 312 g/mol. The molecule has 1 saturated heterocycles. The number of nitrogens with zero attached hydrogens (tertiary/aromatic N) is 2. The fourth-order valence-electron chi connectivity index (χ4n) is 4.17. The Bertz CT molecular complexity index is 636. The minimum absolute atomic E-state index is 0.0689. The average Bonchev–Trinajstić information content (AvgIpc) is 3.30.